The molecule has 0 unspecified atom stereocenters. The Hall–Kier alpha value is -2.13. The van der Waals surface area contributed by atoms with Crippen LogP contribution in [0, 0.1) is 6.92 Å². The smallest absolute Gasteiger partial charge is 0.277 e. The van der Waals surface area contributed by atoms with E-state index in [2.05, 4.69) is 24.7 Å². The van der Waals surface area contributed by atoms with Crippen LogP contribution in [0.1, 0.15) is 12.8 Å². The number of hydrogen-bond donors (Lipinski definition) is 2. The standard InChI is InChI=1S/C11H11ClN4O4S/c1-6(17)13-8-3-4-10(9(12)5-8)21(18,19)16-11-14-7(2)20-15-11/h3-5H,1-2H3,(H,13,17)(H,15,16). The lowest BCUT2D eigenvalue weighted by Gasteiger charge is -2.08. The zero-order chi connectivity index (χ0) is 15.6. The summed E-state index contributed by atoms with van der Waals surface area (Å²) in [6.07, 6.45) is 0. The minimum atomic E-state index is -3.96. The molecule has 0 atom stereocenters. The van der Waals surface area contributed by atoms with Gasteiger partial charge in [-0.25, -0.2) is 13.1 Å². The molecule has 0 aliphatic heterocycles. The second kappa shape index (κ2) is 5.70. The van der Waals surface area contributed by atoms with Crippen LogP contribution < -0.4 is 10.0 Å². The average molecular weight is 331 g/mol. The van der Waals surface area contributed by atoms with Crippen LogP contribution >= 0.6 is 11.6 Å². The molecule has 2 rings (SSSR count). The Morgan fingerprint density at radius 1 is 1.38 bits per heavy atom. The van der Waals surface area contributed by atoms with E-state index in [1.165, 1.54) is 32.0 Å². The molecule has 112 valence electrons. The number of hydrogen-bond acceptors (Lipinski definition) is 6. The SMILES string of the molecule is CC(=O)Nc1ccc(S(=O)(=O)Nc2noc(C)n2)c(Cl)c1. The van der Waals surface area contributed by atoms with Crippen LogP contribution in [0.15, 0.2) is 27.6 Å². The van der Waals surface area contributed by atoms with Crippen LogP contribution in [0.2, 0.25) is 5.02 Å². The van der Waals surface area contributed by atoms with Crippen LogP contribution in [-0.4, -0.2) is 24.5 Å². The lowest BCUT2D eigenvalue weighted by atomic mass is 10.3. The largest absolute Gasteiger partial charge is 0.338 e. The summed E-state index contributed by atoms with van der Waals surface area (Å²) in [6, 6.07) is 4.02. The summed E-state index contributed by atoms with van der Waals surface area (Å²) in [6.45, 7) is 2.86. The molecule has 0 aliphatic carbocycles. The summed E-state index contributed by atoms with van der Waals surface area (Å²) in [5.74, 6) is -0.253. The van der Waals surface area contributed by atoms with Crippen molar-refractivity contribution >= 4 is 39.2 Å². The Kier molecular flexibility index (Phi) is 4.14. The van der Waals surface area contributed by atoms with E-state index in [1.807, 2.05) is 0 Å². The first kappa shape index (κ1) is 15.3. The van der Waals surface area contributed by atoms with Gasteiger partial charge in [-0.15, -0.1) is 0 Å². The maximum atomic E-state index is 12.2. The van der Waals surface area contributed by atoms with E-state index in [-0.39, 0.29) is 27.7 Å². The Morgan fingerprint density at radius 2 is 2.10 bits per heavy atom. The highest BCUT2D eigenvalue weighted by molar-refractivity contribution is 7.92. The van der Waals surface area contributed by atoms with Crippen molar-refractivity contribution < 1.29 is 17.7 Å². The number of anilines is 2. The zero-order valence-electron chi connectivity index (χ0n) is 11.0. The van der Waals surface area contributed by atoms with Crippen molar-refractivity contribution in [2.75, 3.05) is 10.0 Å². The lowest BCUT2D eigenvalue weighted by molar-refractivity contribution is -0.114. The number of rotatable bonds is 4. The monoisotopic (exact) mass is 330 g/mol. The fourth-order valence-corrected chi connectivity index (χ4v) is 3.00. The van der Waals surface area contributed by atoms with Gasteiger partial charge in [-0.3, -0.25) is 4.79 Å². The Morgan fingerprint density at radius 3 is 2.62 bits per heavy atom. The van der Waals surface area contributed by atoms with E-state index >= 15 is 0 Å². The van der Waals surface area contributed by atoms with Gasteiger partial charge in [-0.1, -0.05) is 11.6 Å². The summed E-state index contributed by atoms with van der Waals surface area (Å²) in [7, 11) is -3.96. The number of amides is 1. The number of sulfonamides is 1. The van der Waals surface area contributed by atoms with Crippen LogP contribution in [0.25, 0.3) is 0 Å². The highest BCUT2D eigenvalue weighted by Gasteiger charge is 2.20. The summed E-state index contributed by atoms with van der Waals surface area (Å²) in [4.78, 5) is 14.5. The van der Waals surface area contributed by atoms with Gasteiger partial charge in [0.05, 0.1) is 5.02 Å². The van der Waals surface area contributed by atoms with Gasteiger partial charge in [0.15, 0.2) is 0 Å². The predicted octanol–water partition coefficient (Wildman–Crippen LogP) is 1.79. The normalized spacial score (nSPS) is 11.2. The van der Waals surface area contributed by atoms with Crippen molar-refractivity contribution in [1.82, 2.24) is 10.1 Å². The van der Waals surface area contributed by atoms with Crippen LogP contribution in [-0.2, 0) is 14.8 Å². The van der Waals surface area contributed by atoms with Crippen molar-refractivity contribution in [3.8, 4) is 0 Å². The average Bonchev–Trinajstić information content (AvgIpc) is 2.72. The van der Waals surface area contributed by atoms with Gasteiger partial charge < -0.3 is 9.84 Å². The van der Waals surface area contributed by atoms with Gasteiger partial charge in [0.1, 0.15) is 4.90 Å². The predicted molar refractivity (Wildman–Crippen MR) is 75.6 cm³/mol. The summed E-state index contributed by atoms with van der Waals surface area (Å²) < 4.78 is 31.1. The molecule has 1 amide bonds. The molecule has 0 saturated heterocycles. The highest BCUT2D eigenvalue weighted by atomic mass is 35.5. The molecule has 8 nitrogen and oxygen atoms in total. The van der Waals surface area contributed by atoms with Gasteiger partial charge in [0.25, 0.3) is 16.0 Å². The third-order valence-corrected chi connectivity index (χ3v) is 4.11. The number of nitrogens with zero attached hydrogens (tertiary/aromatic N) is 2. The van der Waals surface area contributed by atoms with Crippen LogP contribution in [0.5, 0.6) is 0 Å². The number of aromatic nitrogens is 2. The van der Waals surface area contributed by atoms with E-state index in [9.17, 15) is 13.2 Å². The molecule has 21 heavy (non-hydrogen) atoms. The Balaban J connectivity index is 2.29. The number of aryl methyl sites for hydroxylation is 1. The molecule has 0 aliphatic rings. The molecule has 0 bridgehead atoms. The maximum absolute atomic E-state index is 12.2. The number of carbonyl (C=O) groups excluding carboxylic acids is 1. The summed E-state index contributed by atoms with van der Waals surface area (Å²) in [5.41, 5.74) is 0.391. The van der Waals surface area contributed by atoms with Crippen molar-refractivity contribution in [3.63, 3.8) is 0 Å². The van der Waals surface area contributed by atoms with E-state index in [4.69, 9.17) is 11.6 Å². The molecular weight excluding hydrogens is 320 g/mol. The van der Waals surface area contributed by atoms with Crippen LogP contribution in [0.3, 0.4) is 0 Å². The van der Waals surface area contributed by atoms with Crippen molar-refractivity contribution in [2.45, 2.75) is 18.7 Å². The maximum Gasteiger partial charge on any atom is 0.277 e. The number of carbonyl (C=O) groups is 1. The van der Waals surface area contributed by atoms with Gasteiger partial charge in [0.2, 0.25) is 11.8 Å². The first-order chi connectivity index (χ1) is 9.78. The Bertz CT molecular complexity index is 787. The van der Waals surface area contributed by atoms with Crippen LogP contribution in [0.4, 0.5) is 11.6 Å². The van der Waals surface area contributed by atoms with Gasteiger partial charge in [0, 0.05) is 19.5 Å². The molecule has 0 spiro atoms. The molecule has 2 aromatic rings. The third-order valence-electron chi connectivity index (χ3n) is 2.29. The summed E-state index contributed by atoms with van der Waals surface area (Å²) in [5, 5.41) is 5.89. The number of nitrogens with one attached hydrogen (secondary N) is 2. The van der Waals surface area contributed by atoms with E-state index in [0.29, 0.717) is 5.69 Å². The van der Waals surface area contributed by atoms with Gasteiger partial charge in [-0.2, -0.15) is 4.98 Å². The van der Waals surface area contributed by atoms with Crippen molar-refractivity contribution in [2.24, 2.45) is 0 Å². The molecule has 2 N–H and O–H groups in total. The van der Waals surface area contributed by atoms with Gasteiger partial charge in [-0.05, 0) is 23.4 Å². The highest BCUT2D eigenvalue weighted by Crippen LogP contribution is 2.26. The van der Waals surface area contributed by atoms with Crippen molar-refractivity contribution in [3.05, 3.63) is 29.1 Å². The summed E-state index contributed by atoms with van der Waals surface area (Å²) >= 11 is 5.93. The van der Waals surface area contributed by atoms with E-state index in [1.54, 1.807) is 0 Å². The molecule has 1 aromatic carbocycles. The second-order valence-electron chi connectivity index (χ2n) is 4.07. The number of benzene rings is 1. The first-order valence-corrected chi connectivity index (χ1v) is 7.54. The molecule has 1 heterocycles. The third kappa shape index (κ3) is 3.70. The van der Waals surface area contributed by atoms with Crippen molar-refractivity contribution in [1.29, 1.82) is 0 Å². The Labute approximate surface area is 125 Å². The molecule has 0 saturated carbocycles. The zero-order valence-corrected chi connectivity index (χ0v) is 12.6. The van der Waals surface area contributed by atoms with Gasteiger partial charge >= 0.3 is 0 Å². The number of halogens is 1. The molecule has 0 fully saturated rings. The lowest BCUT2D eigenvalue weighted by Crippen LogP contribution is -2.15. The minimum Gasteiger partial charge on any atom is -0.338 e. The quantitative estimate of drug-likeness (QED) is 0.883. The van der Waals surface area contributed by atoms with E-state index < -0.39 is 10.0 Å². The minimum absolute atomic E-state index is 0.0473. The molecular formula is C11H11ClN4O4S. The molecule has 10 heteroatoms. The fraction of sp³-hybridized carbons (Fsp3) is 0.182. The topological polar surface area (TPSA) is 114 Å². The first-order valence-electron chi connectivity index (χ1n) is 5.68. The van der Waals surface area contributed by atoms with E-state index in [0.717, 1.165) is 0 Å². The molecule has 0 radical (unpaired) electrons. The second-order valence-corrected chi connectivity index (χ2v) is 6.13. The fourth-order valence-electron chi connectivity index (χ4n) is 1.52. The molecule has 1 aromatic heterocycles.